The minimum Gasteiger partial charge on any atom is -0.480 e. The minimum atomic E-state index is -0.924. The topological polar surface area (TPSA) is 83.6 Å². The highest BCUT2D eigenvalue weighted by Gasteiger charge is 2.48. The molecular formula is C15H20N2O4. The summed E-state index contributed by atoms with van der Waals surface area (Å²) in [6.45, 7) is 3.40. The second-order valence-electron chi connectivity index (χ2n) is 6.06. The van der Waals surface area contributed by atoms with E-state index in [1.54, 1.807) is 18.7 Å². The van der Waals surface area contributed by atoms with Crippen LogP contribution in [-0.4, -0.2) is 39.0 Å². The number of aliphatic carboxylic acids is 1. The molecule has 114 valence electrons. The van der Waals surface area contributed by atoms with E-state index in [1.165, 1.54) is 0 Å². The van der Waals surface area contributed by atoms with E-state index in [0.29, 0.717) is 23.9 Å². The Morgan fingerprint density at radius 2 is 2.00 bits per heavy atom. The lowest BCUT2D eigenvalue weighted by Gasteiger charge is -2.32. The zero-order valence-corrected chi connectivity index (χ0v) is 12.3. The number of nitrogens with zero attached hydrogens (tertiary/aromatic N) is 2. The average molecular weight is 292 g/mol. The standard InChI is InChI=1S/C15H20N2O4/c1-8-13(21-9(2)16-8)14(18)17-11-6-4-3-5-10(11)7-12(17)15(19)20/h10-12H,3-7H2,1-2H3,(H,19,20)/t10-,11-,12+/m1/s1. The molecule has 1 saturated carbocycles. The third kappa shape index (κ3) is 2.32. The first kappa shape index (κ1) is 14.1. The van der Waals surface area contributed by atoms with E-state index >= 15 is 0 Å². The van der Waals surface area contributed by atoms with Crippen LogP contribution in [0.4, 0.5) is 0 Å². The first-order chi connectivity index (χ1) is 9.99. The van der Waals surface area contributed by atoms with Crippen molar-refractivity contribution in [3.63, 3.8) is 0 Å². The van der Waals surface area contributed by atoms with Gasteiger partial charge in [0.1, 0.15) is 6.04 Å². The molecule has 3 atom stereocenters. The summed E-state index contributed by atoms with van der Waals surface area (Å²) in [4.78, 5) is 30.0. The third-order valence-corrected chi connectivity index (χ3v) is 4.71. The highest BCUT2D eigenvalue weighted by atomic mass is 16.4. The first-order valence-electron chi connectivity index (χ1n) is 7.48. The van der Waals surface area contributed by atoms with E-state index in [1.807, 2.05) is 0 Å². The number of aromatic nitrogens is 1. The van der Waals surface area contributed by atoms with Crippen LogP contribution < -0.4 is 0 Å². The lowest BCUT2D eigenvalue weighted by atomic mass is 9.84. The molecule has 0 aromatic carbocycles. The maximum atomic E-state index is 12.8. The molecule has 6 heteroatoms. The number of likely N-dealkylation sites (tertiary alicyclic amines) is 1. The van der Waals surface area contributed by atoms with Crippen LogP contribution in [0.2, 0.25) is 0 Å². The van der Waals surface area contributed by atoms with Crippen molar-refractivity contribution >= 4 is 11.9 Å². The largest absolute Gasteiger partial charge is 0.480 e. The molecule has 21 heavy (non-hydrogen) atoms. The third-order valence-electron chi connectivity index (χ3n) is 4.71. The van der Waals surface area contributed by atoms with Gasteiger partial charge in [-0.3, -0.25) is 4.79 Å². The van der Waals surface area contributed by atoms with Gasteiger partial charge in [0.15, 0.2) is 5.89 Å². The monoisotopic (exact) mass is 292 g/mol. The molecule has 0 spiro atoms. The van der Waals surface area contributed by atoms with Crippen molar-refractivity contribution in [2.45, 2.75) is 58.0 Å². The normalized spacial score (nSPS) is 28.5. The van der Waals surface area contributed by atoms with Gasteiger partial charge in [-0.15, -0.1) is 0 Å². The fraction of sp³-hybridized carbons (Fsp3) is 0.667. The predicted octanol–water partition coefficient (Wildman–Crippen LogP) is 2.15. The highest BCUT2D eigenvalue weighted by Crippen LogP contribution is 2.40. The molecule has 1 aliphatic carbocycles. The number of hydrogen-bond acceptors (Lipinski definition) is 4. The zero-order valence-electron chi connectivity index (χ0n) is 12.3. The van der Waals surface area contributed by atoms with E-state index in [2.05, 4.69) is 4.98 Å². The van der Waals surface area contributed by atoms with Crippen molar-refractivity contribution in [3.05, 3.63) is 17.3 Å². The lowest BCUT2D eigenvalue weighted by molar-refractivity contribution is -0.141. The number of hydrogen-bond donors (Lipinski definition) is 1. The first-order valence-corrected chi connectivity index (χ1v) is 7.48. The molecule has 1 aliphatic heterocycles. The molecule has 0 radical (unpaired) electrons. The summed E-state index contributed by atoms with van der Waals surface area (Å²) in [6.07, 6.45) is 4.61. The van der Waals surface area contributed by atoms with E-state index < -0.39 is 12.0 Å². The van der Waals surface area contributed by atoms with Gasteiger partial charge in [0.05, 0.1) is 5.69 Å². The van der Waals surface area contributed by atoms with Crippen LogP contribution in [0.15, 0.2) is 4.42 Å². The Morgan fingerprint density at radius 3 is 2.62 bits per heavy atom. The Morgan fingerprint density at radius 1 is 1.29 bits per heavy atom. The zero-order chi connectivity index (χ0) is 15.1. The number of fused-ring (bicyclic) bond motifs is 1. The summed E-state index contributed by atoms with van der Waals surface area (Å²) >= 11 is 0. The van der Waals surface area contributed by atoms with Gasteiger partial charge in [0.2, 0.25) is 5.76 Å². The SMILES string of the molecule is Cc1nc(C)c(C(=O)N2[C@@H]3CCCC[C@@H]3C[C@H]2C(=O)O)o1. The van der Waals surface area contributed by atoms with Crippen LogP contribution in [0.5, 0.6) is 0 Å². The number of carboxylic acid groups (broad SMARTS) is 1. The quantitative estimate of drug-likeness (QED) is 0.903. The second kappa shape index (κ2) is 5.16. The Bertz CT molecular complexity index is 580. The summed E-state index contributed by atoms with van der Waals surface area (Å²) in [5.74, 6) is -0.332. The molecule has 0 unspecified atom stereocenters. The van der Waals surface area contributed by atoms with Gasteiger partial charge < -0.3 is 14.4 Å². The molecule has 2 heterocycles. The van der Waals surface area contributed by atoms with Crippen molar-refractivity contribution in [1.29, 1.82) is 0 Å². The Labute approximate surface area is 123 Å². The Hall–Kier alpha value is -1.85. The van der Waals surface area contributed by atoms with Crippen molar-refractivity contribution in [2.24, 2.45) is 5.92 Å². The van der Waals surface area contributed by atoms with E-state index in [0.717, 1.165) is 25.7 Å². The van der Waals surface area contributed by atoms with Crippen LogP contribution in [0.25, 0.3) is 0 Å². The smallest absolute Gasteiger partial charge is 0.326 e. The molecule has 2 aliphatic rings. The van der Waals surface area contributed by atoms with Gasteiger partial charge in [-0.05, 0) is 32.1 Å². The van der Waals surface area contributed by atoms with E-state index in [-0.39, 0.29) is 17.7 Å². The van der Waals surface area contributed by atoms with Gasteiger partial charge in [0, 0.05) is 13.0 Å². The van der Waals surface area contributed by atoms with Crippen molar-refractivity contribution in [1.82, 2.24) is 9.88 Å². The van der Waals surface area contributed by atoms with E-state index in [4.69, 9.17) is 4.42 Å². The molecule has 3 rings (SSSR count). The Kier molecular flexibility index (Phi) is 3.47. The highest BCUT2D eigenvalue weighted by molar-refractivity contribution is 5.95. The molecular weight excluding hydrogens is 272 g/mol. The van der Waals surface area contributed by atoms with Crippen LogP contribution in [-0.2, 0) is 4.79 Å². The number of carbonyl (C=O) groups is 2. The average Bonchev–Trinajstić information content (AvgIpc) is 2.98. The predicted molar refractivity (Wildman–Crippen MR) is 73.9 cm³/mol. The molecule has 1 amide bonds. The van der Waals surface area contributed by atoms with E-state index in [9.17, 15) is 14.7 Å². The van der Waals surface area contributed by atoms with Crippen LogP contribution in [0.3, 0.4) is 0 Å². The fourth-order valence-electron chi connectivity index (χ4n) is 3.82. The van der Waals surface area contributed by atoms with Crippen LogP contribution in [0, 0.1) is 19.8 Å². The number of rotatable bonds is 2. The lowest BCUT2D eigenvalue weighted by Crippen LogP contribution is -2.46. The van der Waals surface area contributed by atoms with Crippen LogP contribution in [0.1, 0.15) is 54.2 Å². The fourth-order valence-corrected chi connectivity index (χ4v) is 3.82. The summed E-state index contributed by atoms with van der Waals surface area (Å²) in [5, 5.41) is 9.46. The summed E-state index contributed by atoms with van der Waals surface area (Å²) < 4.78 is 5.40. The van der Waals surface area contributed by atoms with Gasteiger partial charge >= 0.3 is 5.97 Å². The van der Waals surface area contributed by atoms with Crippen molar-refractivity contribution in [3.8, 4) is 0 Å². The maximum Gasteiger partial charge on any atom is 0.326 e. The van der Waals surface area contributed by atoms with Crippen LogP contribution >= 0.6 is 0 Å². The molecule has 1 aromatic rings. The summed E-state index contributed by atoms with van der Waals surface area (Å²) in [5.41, 5.74) is 0.529. The van der Waals surface area contributed by atoms with Crippen molar-refractivity contribution in [2.75, 3.05) is 0 Å². The summed E-state index contributed by atoms with van der Waals surface area (Å²) in [7, 11) is 0. The number of amides is 1. The second-order valence-corrected chi connectivity index (χ2v) is 6.06. The number of carbonyl (C=O) groups excluding carboxylic acids is 1. The molecule has 1 N–H and O–H groups in total. The minimum absolute atomic E-state index is 0.0251. The number of oxazole rings is 1. The number of carboxylic acids is 1. The summed E-state index contributed by atoms with van der Waals surface area (Å²) in [6, 6.07) is -0.715. The molecule has 1 aromatic heterocycles. The van der Waals surface area contributed by atoms with Gasteiger partial charge in [-0.2, -0.15) is 0 Å². The molecule has 2 fully saturated rings. The van der Waals surface area contributed by atoms with Gasteiger partial charge in [-0.1, -0.05) is 12.8 Å². The number of aryl methyl sites for hydroxylation is 2. The molecule has 6 nitrogen and oxygen atoms in total. The Balaban J connectivity index is 1.94. The van der Waals surface area contributed by atoms with Crippen molar-refractivity contribution < 1.29 is 19.1 Å². The maximum absolute atomic E-state index is 12.8. The van der Waals surface area contributed by atoms with Gasteiger partial charge in [0.25, 0.3) is 5.91 Å². The van der Waals surface area contributed by atoms with Gasteiger partial charge in [-0.25, -0.2) is 9.78 Å². The molecule has 1 saturated heterocycles. The molecule has 0 bridgehead atoms.